The molecule has 2 rings (SSSR count). The van der Waals surface area contributed by atoms with Gasteiger partial charge in [-0.15, -0.1) is 0 Å². The normalized spacial score (nSPS) is 12.2. The van der Waals surface area contributed by atoms with E-state index in [1.54, 1.807) is 12.1 Å². The van der Waals surface area contributed by atoms with Crippen molar-refractivity contribution in [3.63, 3.8) is 0 Å². The fourth-order valence-electron chi connectivity index (χ4n) is 1.55. The van der Waals surface area contributed by atoms with Crippen LogP contribution < -0.4 is 10.1 Å². The maximum atomic E-state index is 13.5. The smallest absolute Gasteiger partial charge is 0.146 e. The number of aliphatic hydroxyl groups excluding tert-OH is 1. The third-order valence-electron chi connectivity index (χ3n) is 2.53. The lowest BCUT2D eigenvalue weighted by atomic mass is 10.2. The van der Waals surface area contributed by atoms with Gasteiger partial charge in [0.2, 0.25) is 0 Å². The molecule has 0 spiro atoms. The van der Waals surface area contributed by atoms with Crippen molar-refractivity contribution in [3.05, 3.63) is 48.2 Å². The van der Waals surface area contributed by atoms with E-state index in [1.807, 2.05) is 0 Å². The summed E-state index contributed by atoms with van der Waals surface area (Å²) in [5, 5.41) is 12.6. The number of nitrogens with one attached hydrogen (secondary N) is 1. The van der Waals surface area contributed by atoms with Gasteiger partial charge in [-0.25, -0.2) is 4.39 Å². The van der Waals surface area contributed by atoms with Gasteiger partial charge in [-0.1, -0.05) is 0 Å². The molecule has 1 aromatic carbocycles. The Morgan fingerprint density at radius 2 is 2.28 bits per heavy atom. The minimum atomic E-state index is -0.828. The minimum absolute atomic E-state index is 0.150. The van der Waals surface area contributed by atoms with Crippen LogP contribution in [0.2, 0.25) is 0 Å². The number of furan rings is 1. The molecule has 1 aromatic heterocycles. The van der Waals surface area contributed by atoms with Crippen LogP contribution in [0.5, 0.6) is 5.75 Å². The van der Waals surface area contributed by atoms with Crippen LogP contribution in [0.15, 0.2) is 41.0 Å². The molecule has 5 heteroatoms. The van der Waals surface area contributed by atoms with Crippen molar-refractivity contribution >= 4 is 5.69 Å². The van der Waals surface area contributed by atoms with Crippen molar-refractivity contribution in [1.29, 1.82) is 0 Å². The molecule has 4 nitrogen and oxygen atoms in total. The zero-order valence-electron chi connectivity index (χ0n) is 9.89. The molecule has 0 aliphatic carbocycles. The van der Waals surface area contributed by atoms with Crippen LogP contribution in [-0.4, -0.2) is 18.8 Å². The first kappa shape index (κ1) is 12.4. The Morgan fingerprint density at radius 1 is 1.44 bits per heavy atom. The highest BCUT2D eigenvalue weighted by Gasteiger charge is 2.11. The van der Waals surface area contributed by atoms with Crippen LogP contribution >= 0.6 is 0 Å². The number of halogens is 1. The fourth-order valence-corrected chi connectivity index (χ4v) is 1.55. The summed E-state index contributed by atoms with van der Waals surface area (Å²) in [5.74, 6) is 0.583. The van der Waals surface area contributed by atoms with Gasteiger partial charge in [0.15, 0.2) is 0 Å². The van der Waals surface area contributed by atoms with Gasteiger partial charge >= 0.3 is 0 Å². The van der Waals surface area contributed by atoms with E-state index in [0.29, 0.717) is 11.5 Å². The van der Waals surface area contributed by atoms with Crippen LogP contribution in [-0.2, 0) is 0 Å². The largest absolute Gasteiger partial charge is 0.497 e. The zero-order valence-corrected chi connectivity index (χ0v) is 9.89. The van der Waals surface area contributed by atoms with Crippen LogP contribution in [0, 0.1) is 5.82 Å². The molecule has 96 valence electrons. The lowest BCUT2D eigenvalue weighted by Crippen LogP contribution is -2.12. The molecular weight excluding hydrogens is 237 g/mol. The molecule has 1 atom stereocenters. The standard InChI is InChI=1S/C13H14FNO3/c1-17-9-4-5-10(14)11(7-9)15-8-12(16)13-3-2-6-18-13/h2-7,12,15-16H,8H2,1H3. The van der Waals surface area contributed by atoms with E-state index in [9.17, 15) is 9.50 Å². The van der Waals surface area contributed by atoms with Gasteiger partial charge in [0.1, 0.15) is 23.4 Å². The van der Waals surface area contributed by atoms with E-state index in [-0.39, 0.29) is 12.2 Å². The lowest BCUT2D eigenvalue weighted by Gasteiger charge is -2.12. The summed E-state index contributed by atoms with van der Waals surface area (Å²) in [6.45, 7) is 0.150. The van der Waals surface area contributed by atoms with Crippen molar-refractivity contribution in [1.82, 2.24) is 0 Å². The molecule has 0 saturated carbocycles. The predicted octanol–water partition coefficient (Wildman–Crippen LogP) is 2.57. The minimum Gasteiger partial charge on any atom is -0.497 e. The summed E-state index contributed by atoms with van der Waals surface area (Å²) >= 11 is 0. The number of anilines is 1. The summed E-state index contributed by atoms with van der Waals surface area (Å²) in [4.78, 5) is 0. The molecule has 2 aromatic rings. The second kappa shape index (κ2) is 5.55. The Kier molecular flexibility index (Phi) is 3.84. The summed E-state index contributed by atoms with van der Waals surface area (Å²) < 4.78 is 23.5. The quantitative estimate of drug-likeness (QED) is 0.857. The Labute approximate surface area is 104 Å². The lowest BCUT2D eigenvalue weighted by molar-refractivity contribution is 0.162. The molecule has 1 heterocycles. The van der Waals surface area contributed by atoms with Gasteiger partial charge in [0.05, 0.1) is 19.1 Å². The van der Waals surface area contributed by atoms with Gasteiger partial charge in [0, 0.05) is 12.6 Å². The van der Waals surface area contributed by atoms with Crippen LogP contribution in [0.4, 0.5) is 10.1 Å². The Morgan fingerprint density at radius 3 is 2.94 bits per heavy atom. The van der Waals surface area contributed by atoms with Crippen LogP contribution in [0.1, 0.15) is 11.9 Å². The maximum absolute atomic E-state index is 13.5. The third kappa shape index (κ3) is 2.81. The third-order valence-corrected chi connectivity index (χ3v) is 2.53. The second-order valence-corrected chi connectivity index (χ2v) is 3.76. The fraction of sp³-hybridized carbons (Fsp3) is 0.231. The molecule has 0 aliphatic heterocycles. The highest BCUT2D eigenvalue weighted by atomic mass is 19.1. The summed E-state index contributed by atoms with van der Waals surface area (Å²) in [7, 11) is 1.51. The predicted molar refractivity (Wildman–Crippen MR) is 65.1 cm³/mol. The molecule has 0 fully saturated rings. The van der Waals surface area contributed by atoms with Crippen molar-refractivity contribution in [2.75, 3.05) is 19.0 Å². The Balaban J connectivity index is 2.01. The average molecular weight is 251 g/mol. The number of benzene rings is 1. The molecule has 2 N–H and O–H groups in total. The van der Waals surface area contributed by atoms with Crippen LogP contribution in [0.3, 0.4) is 0 Å². The van der Waals surface area contributed by atoms with E-state index >= 15 is 0 Å². The number of rotatable bonds is 5. The first-order valence-corrected chi connectivity index (χ1v) is 5.49. The van der Waals surface area contributed by atoms with Gasteiger partial charge in [-0.2, -0.15) is 0 Å². The molecule has 0 saturated heterocycles. The van der Waals surface area contributed by atoms with Gasteiger partial charge < -0.3 is 19.6 Å². The molecular formula is C13H14FNO3. The number of aliphatic hydroxyl groups is 1. The highest BCUT2D eigenvalue weighted by molar-refractivity contribution is 5.49. The van der Waals surface area contributed by atoms with Gasteiger partial charge in [-0.05, 0) is 24.3 Å². The molecule has 0 aliphatic rings. The van der Waals surface area contributed by atoms with E-state index in [0.717, 1.165) is 0 Å². The molecule has 0 radical (unpaired) electrons. The SMILES string of the molecule is COc1ccc(F)c(NCC(O)c2ccco2)c1. The first-order chi connectivity index (χ1) is 8.70. The summed E-state index contributed by atoms with van der Waals surface area (Å²) in [6.07, 6.45) is 0.649. The van der Waals surface area contributed by atoms with E-state index in [1.165, 1.54) is 31.6 Å². The number of hydrogen-bond acceptors (Lipinski definition) is 4. The van der Waals surface area contributed by atoms with Crippen molar-refractivity contribution in [3.8, 4) is 5.75 Å². The first-order valence-electron chi connectivity index (χ1n) is 5.49. The van der Waals surface area contributed by atoms with Crippen molar-refractivity contribution in [2.45, 2.75) is 6.10 Å². The zero-order chi connectivity index (χ0) is 13.0. The molecule has 1 unspecified atom stereocenters. The summed E-state index contributed by atoms with van der Waals surface area (Å²) in [6, 6.07) is 7.72. The Hall–Kier alpha value is -2.01. The average Bonchev–Trinajstić information content (AvgIpc) is 2.91. The monoisotopic (exact) mass is 251 g/mol. The van der Waals surface area contributed by atoms with E-state index in [2.05, 4.69) is 5.32 Å². The van der Waals surface area contributed by atoms with Gasteiger partial charge in [-0.3, -0.25) is 0 Å². The van der Waals surface area contributed by atoms with E-state index in [4.69, 9.17) is 9.15 Å². The van der Waals surface area contributed by atoms with Crippen molar-refractivity contribution in [2.24, 2.45) is 0 Å². The second-order valence-electron chi connectivity index (χ2n) is 3.76. The number of methoxy groups -OCH3 is 1. The van der Waals surface area contributed by atoms with Gasteiger partial charge in [0.25, 0.3) is 0 Å². The Bertz CT molecular complexity index is 499. The summed E-state index contributed by atoms with van der Waals surface area (Å²) in [5.41, 5.74) is 0.278. The molecule has 0 bridgehead atoms. The molecule has 0 amide bonds. The molecule has 18 heavy (non-hydrogen) atoms. The maximum Gasteiger partial charge on any atom is 0.146 e. The van der Waals surface area contributed by atoms with Crippen molar-refractivity contribution < 1.29 is 18.7 Å². The number of ether oxygens (including phenoxy) is 1. The topological polar surface area (TPSA) is 54.6 Å². The number of hydrogen-bond donors (Lipinski definition) is 2. The van der Waals surface area contributed by atoms with E-state index < -0.39 is 11.9 Å². The highest BCUT2D eigenvalue weighted by Crippen LogP contribution is 2.22. The van der Waals surface area contributed by atoms with Crippen LogP contribution in [0.25, 0.3) is 0 Å².